The van der Waals surface area contributed by atoms with E-state index in [0.717, 1.165) is 5.75 Å². The quantitative estimate of drug-likeness (QED) is 0.285. The standard InChI is InChI=1S/C25H25ClN4O4S/c1-5-35-24-15(8-13(2)34-24)21-16(12-27)23(28)29(17-7-6-14(26)9-18(17)30(32)33)19-10-25(3,4)11-20(31)22(19)21/h6-9,21H,5,10-11,28H2,1-4H3. The molecule has 0 radical (unpaired) electrons. The van der Waals surface area contributed by atoms with E-state index in [1.807, 2.05) is 33.8 Å². The Morgan fingerprint density at radius 3 is 2.71 bits per heavy atom. The lowest BCUT2D eigenvalue weighted by Gasteiger charge is -2.43. The molecule has 2 aromatic rings. The number of ketones is 1. The number of nitro groups is 1. The lowest BCUT2D eigenvalue weighted by atomic mass is 9.69. The Labute approximate surface area is 212 Å². The fraction of sp³-hybridized carbons (Fsp3) is 0.360. The fourth-order valence-electron chi connectivity index (χ4n) is 4.88. The molecule has 182 valence electrons. The summed E-state index contributed by atoms with van der Waals surface area (Å²) in [5.74, 6) is 0.623. The minimum atomic E-state index is -0.715. The summed E-state index contributed by atoms with van der Waals surface area (Å²) < 4.78 is 5.91. The molecule has 1 aromatic carbocycles. The van der Waals surface area contributed by atoms with Gasteiger partial charge < -0.3 is 10.2 Å². The van der Waals surface area contributed by atoms with Crippen molar-refractivity contribution in [2.24, 2.45) is 11.1 Å². The SMILES string of the molecule is CCSc1oc(C)cc1C1C(C#N)=C(N)N(c2ccc(Cl)cc2[N+](=O)[O-])C2=C1C(=O)CC(C)(C)C2. The third kappa shape index (κ3) is 4.32. The predicted molar refractivity (Wildman–Crippen MR) is 135 cm³/mol. The molecular weight excluding hydrogens is 488 g/mol. The number of hydrogen-bond acceptors (Lipinski definition) is 8. The third-order valence-corrected chi connectivity index (χ3v) is 7.30. The number of nitrogens with two attached hydrogens (primary N) is 1. The molecular formula is C25H25ClN4O4S. The van der Waals surface area contributed by atoms with Gasteiger partial charge in [-0.3, -0.25) is 19.8 Å². The Morgan fingerprint density at radius 2 is 2.09 bits per heavy atom. The number of rotatable bonds is 5. The van der Waals surface area contributed by atoms with Gasteiger partial charge in [-0.05, 0) is 42.7 Å². The van der Waals surface area contributed by atoms with E-state index < -0.39 is 16.3 Å². The molecule has 1 unspecified atom stereocenters. The number of nitriles is 1. The molecule has 10 heteroatoms. The second-order valence-corrected chi connectivity index (χ2v) is 11.1. The van der Waals surface area contributed by atoms with Crippen molar-refractivity contribution in [1.82, 2.24) is 0 Å². The number of anilines is 1. The molecule has 1 atom stereocenters. The highest BCUT2D eigenvalue weighted by Gasteiger charge is 2.46. The Balaban J connectivity index is 2.06. The lowest BCUT2D eigenvalue weighted by Crippen LogP contribution is -2.42. The van der Waals surface area contributed by atoms with E-state index >= 15 is 0 Å². The van der Waals surface area contributed by atoms with Crippen molar-refractivity contribution in [3.63, 3.8) is 0 Å². The molecule has 1 aliphatic carbocycles. The van der Waals surface area contributed by atoms with Gasteiger partial charge in [0.1, 0.15) is 17.3 Å². The number of Topliss-reactive ketones (excluding diaryl/α,β-unsaturated/α-hetero) is 1. The summed E-state index contributed by atoms with van der Waals surface area (Å²) in [5.41, 5.74) is 7.96. The molecule has 0 saturated heterocycles. The van der Waals surface area contributed by atoms with Crippen LogP contribution in [0.25, 0.3) is 0 Å². The van der Waals surface area contributed by atoms with Crippen LogP contribution in [0.15, 0.2) is 56.4 Å². The first-order valence-electron chi connectivity index (χ1n) is 11.1. The summed E-state index contributed by atoms with van der Waals surface area (Å²) >= 11 is 7.54. The number of carbonyl (C=O) groups is 1. The average Bonchev–Trinajstić information content (AvgIpc) is 3.12. The highest BCUT2D eigenvalue weighted by atomic mass is 35.5. The normalized spacial score (nSPS) is 19.6. The van der Waals surface area contributed by atoms with Crippen LogP contribution in [0.2, 0.25) is 5.02 Å². The largest absolute Gasteiger partial charge is 0.455 e. The van der Waals surface area contributed by atoms with Crippen molar-refractivity contribution in [1.29, 1.82) is 5.26 Å². The second kappa shape index (κ2) is 9.10. The highest BCUT2D eigenvalue weighted by Crippen LogP contribution is 2.53. The van der Waals surface area contributed by atoms with Crippen LogP contribution in [-0.4, -0.2) is 16.5 Å². The van der Waals surface area contributed by atoms with Gasteiger partial charge in [-0.2, -0.15) is 5.26 Å². The van der Waals surface area contributed by atoms with Gasteiger partial charge >= 0.3 is 0 Å². The first-order chi connectivity index (χ1) is 16.5. The molecule has 8 nitrogen and oxygen atoms in total. The summed E-state index contributed by atoms with van der Waals surface area (Å²) in [6.07, 6.45) is 0.724. The number of thioether (sulfide) groups is 1. The van der Waals surface area contributed by atoms with Crippen molar-refractivity contribution >= 4 is 40.5 Å². The average molecular weight is 513 g/mol. The molecule has 4 rings (SSSR count). The fourth-order valence-corrected chi connectivity index (χ4v) is 5.85. The smallest absolute Gasteiger partial charge is 0.294 e. The third-order valence-electron chi connectivity index (χ3n) is 6.19. The zero-order valence-electron chi connectivity index (χ0n) is 19.8. The molecule has 2 aliphatic rings. The molecule has 0 bridgehead atoms. The molecule has 2 N–H and O–H groups in total. The van der Waals surface area contributed by atoms with Gasteiger partial charge in [0, 0.05) is 34.3 Å². The monoisotopic (exact) mass is 512 g/mol. The Hall–Kier alpha value is -3.22. The van der Waals surface area contributed by atoms with Crippen LogP contribution in [0.5, 0.6) is 0 Å². The Bertz CT molecular complexity index is 1350. The molecule has 1 aliphatic heterocycles. The van der Waals surface area contributed by atoms with Gasteiger partial charge in [0.2, 0.25) is 0 Å². The van der Waals surface area contributed by atoms with Gasteiger partial charge in [-0.25, -0.2) is 0 Å². The van der Waals surface area contributed by atoms with Gasteiger partial charge in [-0.15, -0.1) is 0 Å². The van der Waals surface area contributed by atoms with Gasteiger partial charge in [-0.1, -0.05) is 44.1 Å². The van der Waals surface area contributed by atoms with Gasteiger partial charge in [0.15, 0.2) is 10.9 Å². The number of benzene rings is 1. The number of hydrogen-bond donors (Lipinski definition) is 1. The first-order valence-corrected chi connectivity index (χ1v) is 12.5. The van der Waals surface area contributed by atoms with Crippen molar-refractivity contribution in [2.75, 3.05) is 10.7 Å². The minimum absolute atomic E-state index is 0.0541. The molecule has 35 heavy (non-hydrogen) atoms. The van der Waals surface area contributed by atoms with Crippen molar-refractivity contribution < 1.29 is 14.1 Å². The highest BCUT2D eigenvalue weighted by molar-refractivity contribution is 7.99. The summed E-state index contributed by atoms with van der Waals surface area (Å²) in [5, 5.41) is 23.0. The predicted octanol–water partition coefficient (Wildman–Crippen LogP) is 6.20. The van der Waals surface area contributed by atoms with Crippen LogP contribution in [0, 0.1) is 33.8 Å². The summed E-state index contributed by atoms with van der Waals surface area (Å²) in [6, 6.07) is 8.31. The summed E-state index contributed by atoms with van der Waals surface area (Å²) in [4.78, 5) is 26.6. The van der Waals surface area contributed by atoms with E-state index in [-0.39, 0.29) is 40.0 Å². The number of halogens is 1. The van der Waals surface area contributed by atoms with Crippen LogP contribution in [0.4, 0.5) is 11.4 Å². The number of allylic oxidation sites excluding steroid dienone is 3. The maximum Gasteiger partial charge on any atom is 0.294 e. The second-order valence-electron chi connectivity index (χ2n) is 9.40. The summed E-state index contributed by atoms with van der Waals surface area (Å²) in [6.45, 7) is 7.75. The van der Waals surface area contributed by atoms with E-state index in [4.69, 9.17) is 21.8 Å². The maximum atomic E-state index is 13.7. The molecule has 0 spiro atoms. The number of aryl methyl sites for hydroxylation is 1. The molecule has 1 aromatic heterocycles. The molecule has 2 heterocycles. The van der Waals surface area contributed by atoms with Gasteiger partial charge in [0.05, 0.1) is 22.5 Å². The van der Waals surface area contributed by atoms with E-state index in [1.54, 1.807) is 0 Å². The van der Waals surface area contributed by atoms with E-state index in [1.165, 1.54) is 34.9 Å². The number of nitrogens with zero attached hydrogens (tertiary/aromatic N) is 3. The van der Waals surface area contributed by atoms with Crippen LogP contribution in [0.1, 0.15) is 50.9 Å². The zero-order chi connectivity index (χ0) is 25.7. The number of furan rings is 1. The molecule has 0 fully saturated rings. The first kappa shape index (κ1) is 24.9. The van der Waals surface area contributed by atoms with E-state index in [2.05, 4.69) is 6.07 Å². The van der Waals surface area contributed by atoms with Crippen LogP contribution >= 0.6 is 23.4 Å². The summed E-state index contributed by atoms with van der Waals surface area (Å²) in [7, 11) is 0. The Kier molecular flexibility index (Phi) is 6.47. The maximum absolute atomic E-state index is 13.7. The molecule has 0 saturated carbocycles. The lowest BCUT2D eigenvalue weighted by molar-refractivity contribution is -0.384. The van der Waals surface area contributed by atoms with Crippen LogP contribution < -0.4 is 10.6 Å². The Morgan fingerprint density at radius 1 is 1.37 bits per heavy atom. The molecule has 0 amide bonds. The van der Waals surface area contributed by atoms with Crippen LogP contribution in [0.3, 0.4) is 0 Å². The van der Waals surface area contributed by atoms with Crippen molar-refractivity contribution in [3.05, 3.63) is 73.4 Å². The van der Waals surface area contributed by atoms with Crippen molar-refractivity contribution in [3.8, 4) is 6.07 Å². The topological polar surface area (TPSA) is 126 Å². The number of nitro benzene ring substituents is 1. The minimum Gasteiger partial charge on any atom is -0.455 e. The van der Waals surface area contributed by atoms with Crippen LogP contribution in [-0.2, 0) is 4.79 Å². The number of carbonyl (C=O) groups excluding carboxylic acids is 1. The van der Waals surface area contributed by atoms with Gasteiger partial charge in [0.25, 0.3) is 5.69 Å². The van der Waals surface area contributed by atoms with E-state index in [9.17, 15) is 20.2 Å². The van der Waals surface area contributed by atoms with E-state index in [0.29, 0.717) is 34.1 Å². The van der Waals surface area contributed by atoms with Crippen molar-refractivity contribution in [2.45, 2.75) is 51.5 Å². The zero-order valence-corrected chi connectivity index (χ0v) is 21.4.